The number of Topliss-reactive ketones (excluding diaryl/α,β-unsaturated/α-hetero) is 1. The molecule has 1 aliphatic rings. The van der Waals surface area contributed by atoms with Crippen LogP contribution in [0.2, 0.25) is 0 Å². The summed E-state index contributed by atoms with van der Waals surface area (Å²) in [6.45, 7) is 10.1. The number of carbonyl (C=O) groups excluding carboxylic acids is 1. The maximum absolute atomic E-state index is 10.8. The summed E-state index contributed by atoms with van der Waals surface area (Å²) in [6, 6.07) is 0. The molecule has 1 heterocycles. The van der Waals surface area contributed by atoms with Gasteiger partial charge in [0.25, 0.3) is 0 Å². The van der Waals surface area contributed by atoms with E-state index in [-0.39, 0.29) is 0 Å². The van der Waals surface area contributed by atoms with Gasteiger partial charge in [0, 0.05) is 6.42 Å². The van der Waals surface area contributed by atoms with Crippen LogP contribution in [0.25, 0.3) is 0 Å². The molecule has 2 nitrogen and oxygen atoms in total. The zero-order chi connectivity index (χ0) is 12.0. The van der Waals surface area contributed by atoms with Crippen molar-refractivity contribution < 1.29 is 4.79 Å². The van der Waals surface area contributed by atoms with Gasteiger partial charge in [0.15, 0.2) is 0 Å². The Morgan fingerprint density at radius 3 is 2.62 bits per heavy atom. The Balaban J connectivity index is 2.15. The molecule has 0 aliphatic carbocycles. The largest absolute Gasteiger partial charge is 0.303 e. The van der Waals surface area contributed by atoms with Gasteiger partial charge in [-0.3, -0.25) is 0 Å². The monoisotopic (exact) mass is 225 g/mol. The molecule has 94 valence electrons. The molecule has 1 rings (SSSR count). The van der Waals surface area contributed by atoms with Crippen LogP contribution in [0.1, 0.15) is 59.3 Å². The summed E-state index contributed by atoms with van der Waals surface area (Å²) in [6.07, 6.45) is 7.02. The number of carbonyl (C=O) groups is 1. The molecule has 0 atom stereocenters. The van der Waals surface area contributed by atoms with E-state index in [0.717, 1.165) is 12.8 Å². The molecule has 1 fully saturated rings. The maximum Gasteiger partial charge on any atom is 0.129 e. The second kappa shape index (κ2) is 6.39. The van der Waals surface area contributed by atoms with Crippen LogP contribution in [-0.2, 0) is 4.79 Å². The molecule has 1 aliphatic heterocycles. The summed E-state index contributed by atoms with van der Waals surface area (Å²) in [5.74, 6) is 0.331. The highest BCUT2D eigenvalue weighted by Gasteiger charge is 2.22. The predicted octanol–water partition coefficient (Wildman–Crippen LogP) is 3.26. The third-order valence-corrected chi connectivity index (χ3v) is 3.69. The highest BCUT2D eigenvalue weighted by molar-refractivity contribution is 5.75. The molecule has 0 N–H and O–H groups in total. The van der Waals surface area contributed by atoms with E-state index < -0.39 is 0 Å². The summed E-state index contributed by atoms with van der Waals surface area (Å²) in [5, 5.41) is 0. The van der Waals surface area contributed by atoms with Crippen molar-refractivity contribution >= 4 is 5.78 Å². The van der Waals surface area contributed by atoms with Crippen LogP contribution in [0, 0.1) is 5.41 Å². The van der Waals surface area contributed by atoms with Crippen LogP contribution in [-0.4, -0.2) is 30.3 Å². The minimum absolute atomic E-state index is 0.331. The van der Waals surface area contributed by atoms with Crippen LogP contribution in [0.15, 0.2) is 0 Å². The maximum atomic E-state index is 10.8. The van der Waals surface area contributed by atoms with Crippen LogP contribution in [0.4, 0.5) is 0 Å². The molecule has 0 spiro atoms. The average Bonchev–Trinajstić information content (AvgIpc) is 2.34. The zero-order valence-electron chi connectivity index (χ0n) is 11.2. The second-order valence-corrected chi connectivity index (χ2v) is 6.02. The van der Waals surface area contributed by atoms with Gasteiger partial charge in [-0.25, -0.2) is 0 Å². The molecule has 0 aromatic carbocycles. The van der Waals surface area contributed by atoms with Crippen molar-refractivity contribution in [2.24, 2.45) is 5.41 Å². The first kappa shape index (κ1) is 13.7. The Labute approximate surface area is 100 Å². The minimum atomic E-state index is 0.331. The van der Waals surface area contributed by atoms with Gasteiger partial charge >= 0.3 is 0 Å². The van der Waals surface area contributed by atoms with Gasteiger partial charge in [-0.15, -0.1) is 0 Å². The summed E-state index contributed by atoms with van der Waals surface area (Å²) >= 11 is 0. The lowest BCUT2D eigenvalue weighted by atomic mass is 9.85. The van der Waals surface area contributed by atoms with Gasteiger partial charge in [-0.2, -0.15) is 0 Å². The number of unbranched alkanes of at least 4 members (excludes halogenated alkanes) is 1. The normalized spacial score (nSPS) is 21.7. The van der Waals surface area contributed by atoms with E-state index >= 15 is 0 Å². The van der Waals surface area contributed by atoms with E-state index in [0.29, 0.717) is 11.2 Å². The van der Waals surface area contributed by atoms with Crippen LogP contribution >= 0.6 is 0 Å². The molecule has 1 saturated heterocycles. The van der Waals surface area contributed by atoms with E-state index in [1.807, 2.05) is 0 Å². The third-order valence-electron chi connectivity index (χ3n) is 3.69. The fourth-order valence-electron chi connectivity index (χ4n) is 2.41. The first-order valence-electron chi connectivity index (χ1n) is 6.71. The molecule has 0 aromatic heterocycles. The van der Waals surface area contributed by atoms with Crippen LogP contribution in [0.5, 0.6) is 0 Å². The van der Waals surface area contributed by atoms with Gasteiger partial charge in [0.1, 0.15) is 5.78 Å². The molecule has 0 unspecified atom stereocenters. The van der Waals surface area contributed by atoms with Crippen molar-refractivity contribution in [1.29, 1.82) is 0 Å². The van der Waals surface area contributed by atoms with Gasteiger partial charge in [0.2, 0.25) is 0 Å². The highest BCUT2D eigenvalue weighted by atomic mass is 16.1. The van der Waals surface area contributed by atoms with E-state index in [2.05, 4.69) is 18.7 Å². The average molecular weight is 225 g/mol. The van der Waals surface area contributed by atoms with Crippen molar-refractivity contribution in [3.05, 3.63) is 0 Å². The van der Waals surface area contributed by atoms with Crippen LogP contribution < -0.4 is 0 Å². The lowest BCUT2D eigenvalue weighted by Crippen LogP contribution is -2.26. The summed E-state index contributed by atoms with van der Waals surface area (Å²) in [5.41, 5.74) is 0.536. The first-order valence-corrected chi connectivity index (χ1v) is 6.71. The summed E-state index contributed by atoms with van der Waals surface area (Å²) in [7, 11) is 0. The molecule has 0 amide bonds. The fourth-order valence-corrected chi connectivity index (χ4v) is 2.41. The van der Waals surface area contributed by atoms with Crippen molar-refractivity contribution in [3.8, 4) is 0 Å². The standard InChI is InChI=1S/C14H27NO/c1-13(16)7-4-5-10-15-11-6-8-14(2,3)9-12-15/h4-12H2,1-3H3. The molecule has 2 heteroatoms. The fraction of sp³-hybridized carbons (Fsp3) is 0.929. The second-order valence-electron chi connectivity index (χ2n) is 6.02. The molecule has 0 bridgehead atoms. The first-order chi connectivity index (χ1) is 7.49. The third kappa shape index (κ3) is 5.64. The quantitative estimate of drug-likeness (QED) is 0.669. The summed E-state index contributed by atoms with van der Waals surface area (Å²) < 4.78 is 0. The Bertz CT molecular complexity index is 223. The lowest BCUT2D eigenvalue weighted by molar-refractivity contribution is -0.117. The van der Waals surface area contributed by atoms with E-state index in [1.165, 1.54) is 45.3 Å². The molecular formula is C14H27NO. The van der Waals surface area contributed by atoms with Crippen LogP contribution in [0.3, 0.4) is 0 Å². The predicted molar refractivity (Wildman–Crippen MR) is 68.6 cm³/mol. The molecular weight excluding hydrogens is 198 g/mol. The topological polar surface area (TPSA) is 20.3 Å². The van der Waals surface area contributed by atoms with Gasteiger partial charge in [-0.1, -0.05) is 13.8 Å². The van der Waals surface area contributed by atoms with Gasteiger partial charge < -0.3 is 9.69 Å². The van der Waals surface area contributed by atoms with Gasteiger partial charge in [0.05, 0.1) is 0 Å². The Kier molecular flexibility index (Phi) is 5.47. The number of hydrogen-bond donors (Lipinski definition) is 0. The van der Waals surface area contributed by atoms with Gasteiger partial charge in [-0.05, 0) is 64.1 Å². The number of rotatable bonds is 5. The Hall–Kier alpha value is -0.370. The Morgan fingerprint density at radius 2 is 1.94 bits per heavy atom. The number of hydrogen-bond acceptors (Lipinski definition) is 2. The number of nitrogens with zero attached hydrogens (tertiary/aromatic N) is 1. The molecule has 0 radical (unpaired) electrons. The van der Waals surface area contributed by atoms with Crippen molar-refractivity contribution in [3.63, 3.8) is 0 Å². The zero-order valence-corrected chi connectivity index (χ0v) is 11.2. The Morgan fingerprint density at radius 1 is 1.19 bits per heavy atom. The molecule has 0 aromatic rings. The van der Waals surface area contributed by atoms with E-state index in [9.17, 15) is 4.79 Å². The van der Waals surface area contributed by atoms with E-state index in [1.54, 1.807) is 6.92 Å². The summed E-state index contributed by atoms with van der Waals surface area (Å²) in [4.78, 5) is 13.4. The lowest BCUT2D eigenvalue weighted by Gasteiger charge is -2.23. The van der Waals surface area contributed by atoms with E-state index in [4.69, 9.17) is 0 Å². The van der Waals surface area contributed by atoms with Crippen molar-refractivity contribution in [2.75, 3.05) is 19.6 Å². The van der Waals surface area contributed by atoms with Crippen molar-refractivity contribution in [1.82, 2.24) is 4.90 Å². The molecule has 0 saturated carbocycles. The van der Waals surface area contributed by atoms with Crippen molar-refractivity contribution in [2.45, 2.75) is 59.3 Å². The number of likely N-dealkylation sites (tertiary alicyclic amines) is 1. The smallest absolute Gasteiger partial charge is 0.129 e. The SMILES string of the molecule is CC(=O)CCCCN1CCCC(C)(C)CC1. The number of ketones is 1. The molecule has 16 heavy (non-hydrogen) atoms. The minimum Gasteiger partial charge on any atom is -0.303 e. The highest BCUT2D eigenvalue weighted by Crippen LogP contribution is 2.29.